The molecule has 194 valence electrons. The number of nitrogens with zero attached hydrogens (tertiary/aromatic N) is 4. The van der Waals surface area contributed by atoms with Crippen molar-refractivity contribution in [3.63, 3.8) is 0 Å². The van der Waals surface area contributed by atoms with Gasteiger partial charge >= 0.3 is 0 Å². The van der Waals surface area contributed by atoms with Gasteiger partial charge in [-0.25, -0.2) is 8.42 Å². The molecule has 3 aromatic rings. The van der Waals surface area contributed by atoms with E-state index in [9.17, 15) is 13.2 Å². The standard InChI is InChI=1S/C29H34N4O3S/c1-24-10-12-28(13-11-24)37(35,36)33-20-14-30(15-21-33)23-25-6-5-7-26(22-25)29(34)32-18-16-31(17-19-32)27-8-3-2-4-9-27/h2-13,22H,14-21,23H2,1H3. The third-order valence-corrected chi connectivity index (χ3v) is 9.17. The van der Waals surface area contributed by atoms with Crippen molar-refractivity contribution in [3.8, 4) is 0 Å². The molecular formula is C29H34N4O3S. The highest BCUT2D eigenvalue weighted by molar-refractivity contribution is 7.89. The number of hydrogen-bond donors (Lipinski definition) is 0. The lowest BCUT2D eigenvalue weighted by Crippen LogP contribution is -2.49. The first kappa shape index (κ1) is 25.4. The third kappa shape index (κ3) is 5.87. The summed E-state index contributed by atoms with van der Waals surface area (Å²) in [4.78, 5) is 20.1. The second kappa shape index (κ2) is 11.0. The maximum atomic E-state index is 13.2. The first-order valence-electron chi connectivity index (χ1n) is 12.9. The van der Waals surface area contributed by atoms with Gasteiger partial charge in [0.2, 0.25) is 10.0 Å². The molecule has 0 aliphatic carbocycles. The van der Waals surface area contributed by atoms with Crippen LogP contribution in [0.3, 0.4) is 0 Å². The van der Waals surface area contributed by atoms with E-state index in [0.29, 0.717) is 56.3 Å². The fourth-order valence-corrected chi connectivity index (χ4v) is 6.46. The molecule has 0 atom stereocenters. The number of sulfonamides is 1. The van der Waals surface area contributed by atoms with E-state index in [4.69, 9.17) is 0 Å². The van der Waals surface area contributed by atoms with Crippen molar-refractivity contribution in [2.75, 3.05) is 57.3 Å². The number of rotatable bonds is 6. The highest BCUT2D eigenvalue weighted by Gasteiger charge is 2.28. The number of amides is 1. The minimum Gasteiger partial charge on any atom is -0.368 e. The summed E-state index contributed by atoms with van der Waals surface area (Å²) in [6.45, 7) is 7.93. The van der Waals surface area contributed by atoms with Gasteiger partial charge in [0.25, 0.3) is 5.91 Å². The molecule has 0 unspecified atom stereocenters. The van der Waals surface area contributed by atoms with E-state index in [1.54, 1.807) is 16.4 Å². The zero-order chi connectivity index (χ0) is 25.8. The van der Waals surface area contributed by atoms with Crippen molar-refractivity contribution in [2.24, 2.45) is 0 Å². The van der Waals surface area contributed by atoms with Gasteiger partial charge in [-0.2, -0.15) is 4.31 Å². The van der Waals surface area contributed by atoms with Crippen LogP contribution in [0.1, 0.15) is 21.5 Å². The Labute approximate surface area is 220 Å². The Morgan fingerprint density at radius 3 is 2.11 bits per heavy atom. The Bertz CT molecular complexity index is 1310. The molecule has 2 fully saturated rings. The molecule has 0 bridgehead atoms. The van der Waals surface area contributed by atoms with E-state index >= 15 is 0 Å². The second-order valence-electron chi connectivity index (χ2n) is 9.81. The predicted molar refractivity (Wildman–Crippen MR) is 146 cm³/mol. The van der Waals surface area contributed by atoms with Crippen molar-refractivity contribution in [3.05, 3.63) is 95.6 Å². The highest BCUT2D eigenvalue weighted by atomic mass is 32.2. The fraction of sp³-hybridized carbons (Fsp3) is 0.345. The van der Waals surface area contributed by atoms with Gasteiger partial charge in [0.15, 0.2) is 0 Å². The lowest BCUT2D eigenvalue weighted by molar-refractivity contribution is 0.0746. The minimum absolute atomic E-state index is 0.0728. The van der Waals surface area contributed by atoms with Crippen LogP contribution in [-0.4, -0.2) is 80.8 Å². The molecule has 2 aliphatic heterocycles. The van der Waals surface area contributed by atoms with Crippen molar-refractivity contribution in [1.29, 1.82) is 0 Å². The summed E-state index contributed by atoms with van der Waals surface area (Å²) in [7, 11) is -3.47. The van der Waals surface area contributed by atoms with Gasteiger partial charge in [0, 0.05) is 70.2 Å². The van der Waals surface area contributed by atoms with Crippen LogP contribution < -0.4 is 4.90 Å². The molecule has 0 radical (unpaired) electrons. The van der Waals surface area contributed by atoms with Crippen LogP contribution in [-0.2, 0) is 16.6 Å². The van der Waals surface area contributed by atoms with Crippen LogP contribution in [0.25, 0.3) is 0 Å². The number of piperazine rings is 2. The van der Waals surface area contributed by atoms with Crippen molar-refractivity contribution in [1.82, 2.24) is 14.1 Å². The van der Waals surface area contributed by atoms with E-state index in [1.807, 2.05) is 66.4 Å². The number of benzene rings is 3. The smallest absolute Gasteiger partial charge is 0.253 e. The summed E-state index contributed by atoms with van der Waals surface area (Å²) >= 11 is 0. The molecule has 2 aliphatic rings. The lowest BCUT2D eigenvalue weighted by Gasteiger charge is -2.36. The molecule has 0 saturated carbocycles. The van der Waals surface area contributed by atoms with Crippen LogP contribution in [0.4, 0.5) is 5.69 Å². The van der Waals surface area contributed by atoms with Crippen molar-refractivity contribution >= 4 is 21.6 Å². The number of anilines is 1. The average Bonchev–Trinajstić information content (AvgIpc) is 2.94. The molecule has 0 spiro atoms. The summed E-state index contributed by atoms with van der Waals surface area (Å²) in [5.74, 6) is 0.0728. The summed E-state index contributed by atoms with van der Waals surface area (Å²) < 4.78 is 27.6. The molecule has 5 rings (SSSR count). The van der Waals surface area contributed by atoms with Crippen molar-refractivity contribution in [2.45, 2.75) is 18.4 Å². The summed E-state index contributed by atoms with van der Waals surface area (Å²) in [6, 6.07) is 25.2. The van der Waals surface area contributed by atoms with Gasteiger partial charge in [-0.3, -0.25) is 9.69 Å². The lowest BCUT2D eigenvalue weighted by atomic mass is 10.1. The Morgan fingerprint density at radius 1 is 0.757 bits per heavy atom. The van der Waals surface area contributed by atoms with Crippen LogP contribution in [0.2, 0.25) is 0 Å². The molecule has 2 saturated heterocycles. The average molecular weight is 519 g/mol. The Kier molecular flexibility index (Phi) is 7.60. The first-order chi connectivity index (χ1) is 17.9. The summed E-state index contributed by atoms with van der Waals surface area (Å²) in [6.07, 6.45) is 0. The van der Waals surface area contributed by atoms with Crippen LogP contribution in [0, 0.1) is 6.92 Å². The highest BCUT2D eigenvalue weighted by Crippen LogP contribution is 2.20. The second-order valence-corrected chi connectivity index (χ2v) is 11.7. The zero-order valence-corrected chi connectivity index (χ0v) is 22.1. The van der Waals surface area contributed by atoms with Gasteiger partial charge in [0.1, 0.15) is 0 Å². The molecule has 7 nitrogen and oxygen atoms in total. The van der Waals surface area contributed by atoms with Crippen LogP contribution >= 0.6 is 0 Å². The summed E-state index contributed by atoms with van der Waals surface area (Å²) in [5.41, 5.74) is 4.03. The van der Waals surface area contributed by atoms with E-state index < -0.39 is 10.0 Å². The number of para-hydroxylation sites is 1. The molecule has 3 aromatic carbocycles. The van der Waals surface area contributed by atoms with E-state index in [-0.39, 0.29) is 5.91 Å². The largest absolute Gasteiger partial charge is 0.368 e. The molecule has 2 heterocycles. The van der Waals surface area contributed by atoms with Crippen LogP contribution in [0.15, 0.2) is 83.8 Å². The van der Waals surface area contributed by atoms with Gasteiger partial charge in [-0.1, -0.05) is 48.0 Å². The summed E-state index contributed by atoms with van der Waals surface area (Å²) in [5, 5.41) is 0. The fourth-order valence-electron chi connectivity index (χ4n) is 5.04. The predicted octanol–water partition coefficient (Wildman–Crippen LogP) is 3.46. The maximum absolute atomic E-state index is 13.2. The van der Waals surface area contributed by atoms with Gasteiger partial charge in [-0.05, 0) is 48.9 Å². The molecule has 1 amide bonds. The monoisotopic (exact) mass is 518 g/mol. The molecular weight excluding hydrogens is 484 g/mol. The number of hydrogen-bond acceptors (Lipinski definition) is 5. The zero-order valence-electron chi connectivity index (χ0n) is 21.3. The van der Waals surface area contributed by atoms with E-state index in [1.165, 1.54) is 5.69 Å². The number of carbonyl (C=O) groups is 1. The van der Waals surface area contributed by atoms with E-state index in [0.717, 1.165) is 24.2 Å². The molecule has 0 aromatic heterocycles. The Hall–Kier alpha value is -3.20. The molecule has 37 heavy (non-hydrogen) atoms. The Balaban J connectivity index is 1.15. The topological polar surface area (TPSA) is 64.2 Å². The van der Waals surface area contributed by atoms with Gasteiger partial charge in [-0.15, -0.1) is 0 Å². The third-order valence-electron chi connectivity index (χ3n) is 7.26. The number of carbonyl (C=O) groups excluding carboxylic acids is 1. The Morgan fingerprint density at radius 2 is 1.43 bits per heavy atom. The first-order valence-corrected chi connectivity index (χ1v) is 14.3. The SMILES string of the molecule is Cc1ccc(S(=O)(=O)N2CCN(Cc3cccc(C(=O)N4CCN(c5ccccc5)CC4)c3)CC2)cc1. The molecule has 8 heteroatoms. The van der Waals surface area contributed by atoms with Crippen LogP contribution in [0.5, 0.6) is 0 Å². The maximum Gasteiger partial charge on any atom is 0.253 e. The van der Waals surface area contributed by atoms with Gasteiger partial charge in [0.05, 0.1) is 4.90 Å². The number of aryl methyl sites for hydroxylation is 1. The van der Waals surface area contributed by atoms with E-state index in [2.05, 4.69) is 21.9 Å². The minimum atomic E-state index is -3.47. The molecule has 0 N–H and O–H groups in total. The quantitative estimate of drug-likeness (QED) is 0.500. The normalized spacial score (nSPS) is 17.6. The van der Waals surface area contributed by atoms with Crippen molar-refractivity contribution < 1.29 is 13.2 Å². The van der Waals surface area contributed by atoms with Gasteiger partial charge < -0.3 is 9.80 Å².